The van der Waals surface area contributed by atoms with Crippen molar-refractivity contribution in [2.24, 2.45) is 0 Å². The fourth-order valence-electron chi connectivity index (χ4n) is 4.09. The van der Waals surface area contributed by atoms with Crippen molar-refractivity contribution in [3.63, 3.8) is 0 Å². The maximum atomic E-state index is 14.1. The first-order valence-corrected chi connectivity index (χ1v) is 11.2. The molecule has 0 bridgehead atoms. The summed E-state index contributed by atoms with van der Waals surface area (Å²) in [6.45, 7) is 0. The van der Waals surface area contributed by atoms with E-state index in [0.29, 0.717) is 44.9 Å². The van der Waals surface area contributed by atoms with Gasteiger partial charge in [-0.3, -0.25) is 4.79 Å². The Labute approximate surface area is 207 Å². The van der Waals surface area contributed by atoms with Gasteiger partial charge < -0.3 is 4.42 Å². The summed E-state index contributed by atoms with van der Waals surface area (Å²) in [5.74, 6) is -0.0960. The van der Waals surface area contributed by atoms with E-state index in [2.05, 4.69) is 15.1 Å². The summed E-state index contributed by atoms with van der Waals surface area (Å²) in [6, 6.07) is 18.0. The number of rotatable bonds is 4. The average molecular weight is 497 g/mol. The molecule has 0 fully saturated rings. The molecular weight excluding hydrogens is 483 g/mol. The summed E-state index contributed by atoms with van der Waals surface area (Å²) >= 11 is 6.10. The molecular formula is C27H14ClFN4O3. The summed E-state index contributed by atoms with van der Waals surface area (Å²) in [7, 11) is 0. The van der Waals surface area contributed by atoms with Gasteiger partial charge in [-0.1, -0.05) is 23.7 Å². The number of nitrogens with zero attached hydrogens (tertiary/aromatic N) is 4. The van der Waals surface area contributed by atoms with Gasteiger partial charge >= 0.3 is 5.63 Å². The number of aromatic nitrogens is 4. The van der Waals surface area contributed by atoms with Gasteiger partial charge in [-0.25, -0.2) is 23.8 Å². The second-order valence-corrected chi connectivity index (χ2v) is 8.48. The van der Waals surface area contributed by atoms with Crippen LogP contribution in [0.2, 0.25) is 5.02 Å². The van der Waals surface area contributed by atoms with Crippen LogP contribution in [-0.2, 0) is 0 Å². The van der Waals surface area contributed by atoms with Crippen molar-refractivity contribution in [1.82, 2.24) is 19.7 Å². The maximum absolute atomic E-state index is 14.1. The van der Waals surface area contributed by atoms with Crippen molar-refractivity contribution in [2.45, 2.75) is 0 Å². The highest BCUT2D eigenvalue weighted by atomic mass is 35.5. The van der Waals surface area contributed by atoms with Gasteiger partial charge in [0.05, 0.1) is 11.1 Å². The van der Waals surface area contributed by atoms with E-state index in [-0.39, 0.29) is 16.8 Å². The van der Waals surface area contributed by atoms with E-state index in [1.807, 2.05) is 12.1 Å². The molecule has 0 amide bonds. The molecule has 4 heterocycles. The van der Waals surface area contributed by atoms with Crippen molar-refractivity contribution in [2.75, 3.05) is 0 Å². The van der Waals surface area contributed by atoms with E-state index in [4.69, 9.17) is 16.0 Å². The van der Waals surface area contributed by atoms with Crippen LogP contribution in [0.5, 0.6) is 0 Å². The predicted molar refractivity (Wildman–Crippen MR) is 134 cm³/mol. The monoisotopic (exact) mass is 496 g/mol. The van der Waals surface area contributed by atoms with E-state index >= 15 is 0 Å². The standard InChI is InChI=1S/C27H14ClFN4O3/c28-19-6-7-23-17(9-19)12-22(27(35)36-23)24-18(14-34)13-33(32-24)26-21(15-3-1-5-20(29)10-15)11-16-4-2-8-30-25(16)31-26/h1-14H. The quantitative estimate of drug-likeness (QED) is 0.224. The van der Waals surface area contributed by atoms with Crippen LogP contribution in [0.25, 0.3) is 50.2 Å². The second kappa shape index (κ2) is 8.51. The molecule has 0 radical (unpaired) electrons. The normalized spacial score (nSPS) is 11.3. The Hall–Kier alpha value is -4.69. The fourth-order valence-corrected chi connectivity index (χ4v) is 4.27. The third-order valence-electron chi connectivity index (χ3n) is 5.74. The van der Waals surface area contributed by atoms with Crippen LogP contribution < -0.4 is 5.63 Å². The van der Waals surface area contributed by atoms with Crippen LogP contribution in [0.1, 0.15) is 10.4 Å². The van der Waals surface area contributed by atoms with Gasteiger partial charge in [0.1, 0.15) is 17.1 Å². The van der Waals surface area contributed by atoms with E-state index in [9.17, 15) is 14.0 Å². The van der Waals surface area contributed by atoms with Gasteiger partial charge in [0.15, 0.2) is 17.8 Å². The molecule has 2 aromatic carbocycles. The lowest BCUT2D eigenvalue weighted by Crippen LogP contribution is -2.06. The number of carbonyl (C=O) groups is 1. The van der Waals surface area contributed by atoms with Crippen LogP contribution in [0.3, 0.4) is 0 Å². The molecule has 0 saturated carbocycles. The minimum atomic E-state index is -0.656. The molecule has 0 aliphatic rings. The lowest BCUT2D eigenvalue weighted by molar-refractivity contribution is 0.112. The molecule has 4 aromatic heterocycles. The highest BCUT2D eigenvalue weighted by Gasteiger charge is 2.20. The minimum absolute atomic E-state index is 0.0943. The summed E-state index contributed by atoms with van der Waals surface area (Å²) in [6.07, 6.45) is 3.67. The molecule has 0 saturated heterocycles. The Kier molecular flexibility index (Phi) is 5.16. The van der Waals surface area contributed by atoms with Crippen LogP contribution in [0.4, 0.5) is 4.39 Å². The number of carbonyl (C=O) groups excluding carboxylic acids is 1. The van der Waals surface area contributed by atoms with Crippen LogP contribution in [0, 0.1) is 5.82 Å². The molecule has 0 aliphatic heterocycles. The topological polar surface area (TPSA) is 90.9 Å². The Morgan fingerprint density at radius 3 is 2.67 bits per heavy atom. The third kappa shape index (κ3) is 3.73. The largest absolute Gasteiger partial charge is 0.422 e. The Bertz CT molecular complexity index is 1880. The number of halogens is 2. The summed E-state index contributed by atoms with van der Waals surface area (Å²) in [5, 5.41) is 6.33. The number of pyridine rings is 2. The second-order valence-electron chi connectivity index (χ2n) is 8.05. The van der Waals surface area contributed by atoms with Crippen LogP contribution >= 0.6 is 11.6 Å². The Morgan fingerprint density at radius 2 is 1.83 bits per heavy atom. The molecule has 174 valence electrons. The van der Waals surface area contributed by atoms with E-state index in [0.717, 1.165) is 5.39 Å². The molecule has 6 rings (SSSR count). The van der Waals surface area contributed by atoms with E-state index < -0.39 is 11.4 Å². The van der Waals surface area contributed by atoms with Gasteiger partial charge in [0.25, 0.3) is 0 Å². The molecule has 0 unspecified atom stereocenters. The Balaban J connectivity index is 1.60. The van der Waals surface area contributed by atoms with Crippen molar-refractivity contribution in [3.8, 4) is 28.2 Å². The first kappa shape index (κ1) is 21.8. The average Bonchev–Trinajstić information content (AvgIpc) is 3.32. The summed E-state index contributed by atoms with van der Waals surface area (Å²) < 4.78 is 20.9. The highest BCUT2D eigenvalue weighted by Crippen LogP contribution is 2.31. The zero-order chi connectivity index (χ0) is 24.8. The number of fused-ring (bicyclic) bond motifs is 2. The van der Waals surface area contributed by atoms with E-state index in [1.54, 1.807) is 48.7 Å². The first-order valence-electron chi connectivity index (χ1n) is 10.8. The van der Waals surface area contributed by atoms with Crippen molar-refractivity contribution < 1.29 is 13.6 Å². The molecule has 9 heteroatoms. The zero-order valence-electron chi connectivity index (χ0n) is 18.4. The molecule has 0 N–H and O–H groups in total. The number of aldehydes is 1. The third-order valence-corrected chi connectivity index (χ3v) is 5.98. The first-order chi connectivity index (χ1) is 17.5. The number of benzene rings is 2. The summed E-state index contributed by atoms with van der Waals surface area (Å²) in [5.41, 5.74) is 1.64. The van der Waals surface area contributed by atoms with Crippen molar-refractivity contribution >= 4 is 39.9 Å². The maximum Gasteiger partial charge on any atom is 0.345 e. The predicted octanol–water partition coefficient (Wildman–Crippen LogP) is 5.86. The van der Waals surface area contributed by atoms with Gasteiger partial charge in [0.2, 0.25) is 0 Å². The van der Waals surface area contributed by atoms with Gasteiger partial charge in [-0.05, 0) is 60.2 Å². The molecule has 0 aliphatic carbocycles. The number of hydrogen-bond donors (Lipinski definition) is 0. The van der Waals surface area contributed by atoms with Crippen LogP contribution in [0.15, 0.2) is 88.3 Å². The lowest BCUT2D eigenvalue weighted by atomic mass is 10.0. The molecule has 36 heavy (non-hydrogen) atoms. The lowest BCUT2D eigenvalue weighted by Gasteiger charge is -2.11. The zero-order valence-corrected chi connectivity index (χ0v) is 19.1. The van der Waals surface area contributed by atoms with Crippen molar-refractivity contribution in [1.29, 1.82) is 0 Å². The number of hydrogen-bond acceptors (Lipinski definition) is 6. The smallest absolute Gasteiger partial charge is 0.345 e. The molecule has 6 aromatic rings. The highest BCUT2D eigenvalue weighted by molar-refractivity contribution is 6.31. The Morgan fingerprint density at radius 1 is 0.972 bits per heavy atom. The van der Waals surface area contributed by atoms with Gasteiger partial charge in [-0.2, -0.15) is 5.10 Å². The minimum Gasteiger partial charge on any atom is -0.422 e. The molecule has 0 spiro atoms. The molecule has 0 atom stereocenters. The van der Waals surface area contributed by atoms with Crippen molar-refractivity contribution in [3.05, 3.63) is 106 Å². The fraction of sp³-hybridized carbons (Fsp3) is 0. The molecule has 7 nitrogen and oxygen atoms in total. The SMILES string of the molecule is O=Cc1cn(-c2nc3ncccc3cc2-c2cccc(F)c2)nc1-c1cc2cc(Cl)ccc2oc1=O. The van der Waals surface area contributed by atoms with Gasteiger partial charge in [-0.15, -0.1) is 0 Å². The van der Waals surface area contributed by atoms with Gasteiger partial charge in [0, 0.05) is 33.8 Å². The van der Waals surface area contributed by atoms with E-state index in [1.165, 1.54) is 23.0 Å². The van der Waals surface area contributed by atoms with Crippen LogP contribution in [-0.4, -0.2) is 26.0 Å². The summed E-state index contributed by atoms with van der Waals surface area (Å²) in [4.78, 5) is 33.8.